The fourth-order valence-corrected chi connectivity index (χ4v) is 1.88. The van der Waals surface area contributed by atoms with Gasteiger partial charge >= 0.3 is 0 Å². The lowest BCUT2D eigenvalue weighted by atomic mass is 10.2. The van der Waals surface area contributed by atoms with E-state index in [-0.39, 0.29) is 11.9 Å². The first-order valence-corrected chi connectivity index (χ1v) is 5.40. The molecule has 3 N–H and O–H groups in total. The highest BCUT2D eigenvalue weighted by molar-refractivity contribution is 9.10. The van der Waals surface area contributed by atoms with Crippen LogP contribution in [0.5, 0.6) is 0 Å². The molecule has 2 heterocycles. The van der Waals surface area contributed by atoms with Crippen molar-refractivity contribution in [3.05, 3.63) is 22.4 Å². The number of nitrogens with one attached hydrogen (secondary N) is 3. The van der Waals surface area contributed by atoms with Gasteiger partial charge in [0.15, 0.2) is 0 Å². The number of aromatic amines is 1. The van der Waals surface area contributed by atoms with E-state index in [4.69, 9.17) is 0 Å². The summed E-state index contributed by atoms with van der Waals surface area (Å²) in [5, 5.41) is 6.16. The average molecular weight is 258 g/mol. The van der Waals surface area contributed by atoms with Gasteiger partial charge in [-0.15, -0.1) is 0 Å². The molecule has 1 amide bonds. The van der Waals surface area contributed by atoms with Gasteiger partial charge in [0.1, 0.15) is 5.69 Å². The minimum absolute atomic E-state index is 0.0376. The zero-order chi connectivity index (χ0) is 9.97. The third-order valence-corrected chi connectivity index (χ3v) is 2.75. The Hall–Kier alpha value is -0.810. The van der Waals surface area contributed by atoms with Gasteiger partial charge in [-0.1, -0.05) is 0 Å². The van der Waals surface area contributed by atoms with Crippen LogP contribution in [0.3, 0.4) is 0 Å². The maximum absolute atomic E-state index is 11.6. The van der Waals surface area contributed by atoms with E-state index in [1.807, 2.05) is 0 Å². The number of hydrogen-bond donors (Lipinski definition) is 3. The van der Waals surface area contributed by atoms with Gasteiger partial charge in [0.25, 0.3) is 5.91 Å². The highest BCUT2D eigenvalue weighted by Crippen LogP contribution is 2.10. The van der Waals surface area contributed by atoms with E-state index in [9.17, 15) is 4.79 Å². The van der Waals surface area contributed by atoms with Gasteiger partial charge in [-0.3, -0.25) is 4.79 Å². The zero-order valence-corrected chi connectivity index (χ0v) is 9.23. The minimum Gasteiger partial charge on any atom is -0.356 e. The lowest BCUT2D eigenvalue weighted by Crippen LogP contribution is -2.36. The molecule has 14 heavy (non-hydrogen) atoms. The van der Waals surface area contributed by atoms with Crippen molar-refractivity contribution in [1.29, 1.82) is 0 Å². The largest absolute Gasteiger partial charge is 0.356 e. The highest BCUT2D eigenvalue weighted by Gasteiger charge is 2.17. The van der Waals surface area contributed by atoms with Gasteiger partial charge in [-0.05, 0) is 35.0 Å². The summed E-state index contributed by atoms with van der Waals surface area (Å²) in [7, 11) is 0. The lowest BCUT2D eigenvalue weighted by Gasteiger charge is -2.09. The van der Waals surface area contributed by atoms with Crippen LogP contribution in [0.25, 0.3) is 0 Å². The number of halogens is 1. The SMILES string of the molecule is O=C(NC1CCNC1)c1cc(Br)c[nH]1. The predicted molar refractivity (Wildman–Crippen MR) is 57.2 cm³/mol. The summed E-state index contributed by atoms with van der Waals surface area (Å²) in [5.74, 6) is -0.0376. The summed E-state index contributed by atoms with van der Waals surface area (Å²) in [6.45, 7) is 1.85. The molecule has 76 valence electrons. The molecule has 0 saturated carbocycles. The molecule has 4 nitrogen and oxygen atoms in total. The fourth-order valence-electron chi connectivity index (χ4n) is 1.54. The highest BCUT2D eigenvalue weighted by atomic mass is 79.9. The van der Waals surface area contributed by atoms with Gasteiger partial charge < -0.3 is 15.6 Å². The fraction of sp³-hybridized carbons (Fsp3) is 0.444. The van der Waals surface area contributed by atoms with E-state index in [1.54, 1.807) is 12.3 Å². The van der Waals surface area contributed by atoms with Crippen molar-refractivity contribution in [2.75, 3.05) is 13.1 Å². The zero-order valence-electron chi connectivity index (χ0n) is 7.64. The van der Waals surface area contributed by atoms with E-state index in [0.29, 0.717) is 5.69 Å². The molecule has 1 fully saturated rings. The maximum Gasteiger partial charge on any atom is 0.267 e. The van der Waals surface area contributed by atoms with Crippen LogP contribution in [-0.2, 0) is 0 Å². The van der Waals surface area contributed by atoms with Gasteiger partial charge in [0.2, 0.25) is 0 Å². The molecule has 0 radical (unpaired) electrons. The summed E-state index contributed by atoms with van der Waals surface area (Å²) in [4.78, 5) is 14.5. The molecule has 2 rings (SSSR count). The molecule has 0 bridgehead atoms. The maximum atomic E-state index is 11.6. The Bertz CT molecular complexity index is 331. The molecule has 0 aromatic carbocycles. The number of amides is 1. The van der Waals surface area contributed by atoms with Crippen LogP contribution in [0.15, 0.2) is 16.7 Å². The molecule has 1 aliphatic rings. The molecule has 5 heteroatoms. The molecule has 1 atom stereocenters. The summed E-state index contributed by atoms with van der Waals surface area (Å²) >= 11 is 3.29. The van der Waals surface area contributed by atoms with Crippen LogP contribution in [0.4, 0.5) is 0 Å². The van der Waals surface area contributed by atoms with Crippen LogP contribution in [0.2, 0.25) is 0 Å². The number of carbonyl (C=O) groups is 1. The Morgan fingerprint density at radius 2 is 2.50 bits per heavy atom. The Morgan fingerprint density at radius 3 is 3.07 bits per heavy atom. The van der Waals surface area contributed by atoms with Crippen LogP contribution in [0.1, 0.15) is 16.9 Å². The summed E-state index contributed by atoms with van der Waals surface area (Å²) in [6.07, 6.45) is 2.76. The van der Waals surface area contributed by atoms with Crippen molar-refractivity contribution in [2.24, 2.45) is 0 Å². The first-order valence-electron chi connectivity index (χ1n) is 4.61. The van der Waals surface area contributed by atoms with Gasteiger partial charge in [0, 0.05) is 23.3 Å². The quantitative estimate of drug-likeness (QED) is 0.737. The Balaban J connectivity index is 1.95. The third-order valence-electron chi connectivity index (χ3n) is 2.29. The van der Waals surface area contributed by atoms with Crippen LogP contribution in [0, 0.1) is 0 Å². The minimum atomic E-state index is -0.0376. The van der Waals surface area contributed by atoms with E-state index >= 15 is 0 Å². The van der Waals surface area contributed by atoms with Gasteiger partial charge in [-0.2, -0.15) is 0 Å². The van der Waals surface area contributed by atoms with Crippen molar-refractivity contribution in [1.82, 2.24) is 15.6 Å². The molecule has 1 saturated heterocycles. The van der Waals surface area contributed by atoms with Gasteiger partial charge in [0.05, 0.1) is 0 Å². The first-order chi connectivity index (χ1) is 6.75. The Labute approximate surface area is 90.6 Å². The summed E-state index contributed by atoms with van der Waals surface area (Å²) in [5.41, 5.74) is 0.601. The monoisotopic (exact) mass is 257 g/mol. The third kappa shape index (κ3) is 2.16. The smallest absolute Gasteiger partial charge is 0.267 e. The van der Waals surface area contributed by atoms with E-state index in [0.717, 1.165) is 24.0 Å². The molecular weight excluding hydrogens is 246 g/mol. The van der Waals surface area contributed by atoms with Crippen LogP contribution >= 0.6 is 15.9 Å². The van der Waals surface area contributed by atoms with Crippen molar-refractivity contribution >= 4 is 21.8 Å². The standard InChI is InChI=1S/C9H12BrN3O/c10-6-3-8(12-4-6)9(14)13-7-1-2-11-5-7/h3-4,7,11-12H,1-2,5H2,(H,13,14). The second kappa shape index (κ2) is 4.14. The number of H-pyrrole nitrogens is 1. The number of carbonyl (C=O) groups excluding carboxylic acids is 1. The van der Waals surface area contributed by atoms with Crippen LogP contribution in [-0.4, -0.2) is 30.0 Å². The number of aromatic nitrogens is 1. The Kier molecular flexibility index (Phi) is 2.88. The van der Waals surface area contributed by atoms with E-state index in [2.05, 4.69) is 31.5 Å². The number of hydrogen-bond acceptors (Lipinski definition) is 2. The topological polar surface area (TPSA) is 56.9 Å². The van der Waals surface area contributed by atoms with Gasteiger partial charge in [-0.25, -0.2) is 0 Å². The molecule has 1 aromatic heterocycles. The molecule has 1 unspecified atom stereocenters. The van der Waals surface area contributed by atoms with Crippen molar-refractivity contribution in [2.45, 2.75) is 12.5 Å². The van der Waals surface area contributed by atoms with Crippen molar-refractivity contribution in [3.8, 4) is 0 Å². The van der Waals surface area contributed by atoms with E-state index < -0.39 is 0 Å². The summed E-state index contributed by atoms with van der Waals surface area (Å²) < 4.78 is 0.896. The number of rotatable bonds is 2. The van der Waals surface area contributed by atoms with E-state index in [1.165, 1.54) is 0 Å². The predicted octanol–water partition coefficient (Wildman–Crippen LogP) is 0.869. The first kappa shape index (κ1) is 9.73. The second-order valence-electron chi connectivity index (χ2n) is 3.39. The summed E-state index contributed by atoms with van der Waals surface area (Å²) in [6, 6.07) is 2.04. The molecule has 1 aliphatic heterocycles. The second-order valence-corrected chi connectivity index (χ2v) is 4.31. The van der Waals surface area contributed by atoms with Crippen LogP contribution < -0.4 is 10.6 Å². The molecule has 0 spiro atoms. The molecule has 0 aliphatic carbocycles. The van der Waals surface area contributed by atoms with Crippen molar-refractivity contribution < 1.29 is 4.79 Å². The lowest BCUT2D eigenvalue weighted by molar-refractivity contribution is 0.0935. The molecule has 1 aromatic rings. The van der Waals surface area contributed by atoms with Crippen molar-refractivity contribution in [3.63, 3.8) is 0 Å². The molecular formula is C9H12BrN3O. The normalized spacial score (nSPS) is 21.1. The Morgan fingerprint density at radius 1 is 1.64 bits per heavy atom. The average Bonchev–Trinajstić information content (AvgIpc) is 2.75.